The first kappa shape index (κ1) is 22.8. The average Bonchev–Trinajstić information content (AvgIpc) is 3.50. The number of nitrogens with one attached hydrogen (secondary N) is 3. The Morgan fingerprint density at radius 2 is 1.64 bits per heavy atom. The molecule has 170 valence electrons. The molecule has 0 bridgehead atoms. The summed E-state index contributed by atoms with van der Waals surface area (Å²) < 4.78 is 26.4. The van der Waals surface area contributed by atoms with Crippen molar-refractivity contribution in [2.45, 2.75) is 16.6 Å². The van der Waals surface area contributed by atoms with E-state index >= 15 is 0 Å². The molecular weight excluding hydrogens is 458 g/mol. The van der Waals surface area contributed by atoms with E-state index in [0.29, 0.717) is 11.3 Å². The number of para-hydroxylation sites is 1. The van der Waals surface area contributed by atoms with Gasteiger partial charge in [0.2, 0.25) is 0 Å². The Hall–Kier alpha value is -3.43. The van der Waals surface area contributed by atoms with E-state index in [1.807, 2.05) is 30.5 Å². The van der Waals surface area contributed by atoms with Crippen LogP contribution in [0.4, 0.5) is 0 Å². The van der Waals surface area contributed by atoms with Crippen molar-refractivity contribution in [3.05, 3.63) is 88.7 Å². The van der Waals surface area contributed by atoms with Crippen molar-refractivity contribution < 1.29 is 18.0 Å². The van der Waals surface area contributed by atoms with Crippen LogP contribution < -0.4 is 10.6 Å². The van der Waals surface area contributed by atoms with Crippen LogP contribution in [0.3, 0.4) is 0 Å². The molecule has 4 aromatic rings. The molecule has 0 fully saturated rings. The van der Waals surface area contributed by atoms with Crippen LogP contribution >= 0.6 is 11.3 Å². The lowest BCUT2D eigenvalue weighted by Crippen LogP contribution is -2.42. The van der Waals surface area contributed by atoms with E-state index in [2.05, 4.69) is 15.6 Å². The van der Waals surface area contributed by atoms with Crippen LogP contribution in [0.1, 0.15) is 15.7 Å². The molecule has 2 aromatic carbocycles. The summed E-state index contributed by atoms with van der Waals surface area (Å²) in [6.45, 7) is 0.0806. The number of hydrogen-bond donors (Lipinski definition) is 3. The Kier molecular flexibility index (Phi) is 6.90. The van der Waals surface area contributed by atoms with Gasteiger partial charge < -0.3 is 15.6 Å². The normalized spacial score (nSPS) is 12.4. The monoisotopic (exact) mass is 481 g/mol. The summed E-state index contributed by atoms with van der Waals surface area (Å²) in [7, 11) is -3.75. The smallest absolute Gasteiger partial charge is 0.309 e. The maximum Gasteiger partial charge on any atom is 0.309 e. The van der Waals surface area contributed by atoms with E-state index in [1.165, 1.54) is 23.5 Å². The Morgan fingerprint density at radius 3 is 2.39 bits per heavy atom. The highest BCUT2D eigenvalue weighted by Gasteiger charge is 2.31. The highest BCUT2D eigenvalue weighted by atomic mass is 32.2. The molecule has 2 aromatic heterocycles. The standard InChI is InChI=1S/C24H23N3O4S2/c28-23(25-13-12-17-15-26-20-10-5-4-9-19(17)20)24(29)27-16-22(21-11-6-14-32-21)33(30,31)18-7-2-1-3-8-18/h1-11,14-15,22,26H,12-13,16H2,(H,25,28)(H,27,29). The van der Waals surface area contributed by atoms with E-state index in [-0.39, 0.29) is 18.0 Å². The minimum absolute atomic E-state index is 0.167. The molecule has 9 heteroatoms. The molecule has 33 heavy (non-hydrogen) atoms. The number of thiophene rings is 1. The summed E-state index contributed by atoms with van der Waals surface area (Å²) in [5.41, 5.74) is 2.05. The third-order valence-electron chi connectivity index (χ3n) is 5.32. The Labute approximate surface area is 195 Å². The molecule has 0 aliphatic rings. The number of H-pyrrole nitrogens is 1. The van der Waals surface area contributed by atoms with Gasteiger partial charge in [-0.15, -0.1) is 11.3 Å². The molecule has 1 atom stereocenters. The molecule has 2 heterocycles. The van der Waals surface area contributed by atoms with Gasteiger partial charge in [-0.2, -0.15) is 0 Å². The Balaban J connectivity index is 1.36. The van der Waals surface area contributed by atoms with Gasteiger partial charge in [0.25, 0.3) is 0 Å². The second-order valence-corrected chi connectivity index (χ2v) is 10.5. The Morgan fingerprint density at radius 1 is 0.909 bits per heavy atom. The lowest BCUT2D eigenvalue weighted by atomic mass is 10.1. The first-order chi connectivity index (χ1) is 16.0. The van der Waals surface area contributed by atoms with Gasteiger partial charge in [0.15, 0.2) is 9.84 Å². The number of sulfone groups is 1. The van der Waals surface area contributed by atoms with Gasteiger partial charge in [-0.3, -0.25) is 9.59 Å². The minimum Gasteiger partial charge on any atom is -0.361 e. The van der Waals surface area contributed by atoms with E-state index in [1.54, 1.807) is 35.7 Å². The molecule has 3 N–H and O–H groups in total. The fourth-order valence-electron chi connectivity index (χ4n) is 3.61. The number of fused-ring (bicyclic) bond motifs is 1. The molecule has 0 spiro atoms. The fraction of sp³-hybridized carbons (Fsp3) is 0.167. The van der Waals surface area contributed by atoms with Gasteiger partial charge in [0.1, 0.15) is 5.25 Å². The maximum atomic E-state index is 13.2. The number of carbonyl (C=O) groups excluding carboxylic acids is 2. The number of amides is 2. The molecule has 0 aliphatic heterocycles. The van der Waals surface area contributed by atoms with Gasteiger partial charge in [0, 0.05) is 35.1 Å². The SMILES string of the molecule is O=C(NCCc1c[nH]c2ccccc12)C(=O)NCC(c1cccs1)S(=O)(=O)c1ccccc1. The first-order valence-electron chi connectivity index (χ1n) is 10.4. The van der Waals surface area contributed by atoms with Crippen molar-refractivity contribution in [2.24, 2.45) is 0 Å². The summed E-state index contributed by atoms with van der Waals surface area (Å²) in [6, 6.07) is 19.4. The molecule has 7 nitrogen and oxygen atoms in total. The van der Waals surface area contributed by atoms with Crippen LogP contribution in [0.5, 0.6) is 0 Å². The van der Waals surface area contributed by atoms with Crippen molar-refractivity contribution in [3.63, 3.8) is 0 Å². The lowest BCUT2D eigenvalue weighted by Gasteiger charge is -2.17. The predicted molar refractivity (Wildman–Crippen MR) is 129 cm³/mol. The lowest BCUT2D eigenvalue weighted by molar-refractivity contribution is -0.139. The topological polar surface area (TPSA) is 108 Å². The summed E-state index contributed by atoms with van der Waals surface area (Å²) in [5.74, 6) is -1.66. The van der Waals surface area contributed by atoms with Crippen molar-refractivity contribution in [3.8, 4) is 0 Å². The van der Waals surface area contributed by atoms with Crippen LogP contribution in [0, 0.1) is 0 Å². The zero-order valence-electron chi connectivity index (χ0n) is 17.7. The number of aromatic nitrogens is 1. The zero-order chi connectivity index (χ0) is 23.3. The van der Waals surface area contributed by atoms with Gasteiger partial charge in [-0.1, -0.05) is 42.5 Å². The molecule has 0 aliphatic carbocycles. The number of benzene rings is 2. The second-order valence-electron chi connectivity index (χ2n) is 7.44. The minimum atomic E-state index is -3.75. The van der Waals surface area contributed by atoms with E-state index in [4.69, 9.17) is 0 Å². The van der Waals surface area contributed by atoms with Crippen molar-refractivity contribution in [1.82, 2.24) is 15.6 Å². The summed E-state index contributed by atoms with van der Waals surface area (Å²) in [6.07, 6.45) is 2.44. The predicted octanol–water partition coefficient (Wildman–Crippen LogP) is 3.22. The van der Waals surface area contributed by atoms with Crippen LogP contribution in [-0.4, -0.2) is 38.3 Å². The van der Waals surface area contributed by atoms with Crippen molar-refractivity contribution >= 4 is 43.9 Å². The van der Waals surface area contributed by atoms with Crippen molar-refractivity contribution in [1.29, 1.82) is 0 Å². The molecule has 2 amide bonds. The third-order valence-corrected chi connectivity index (χ3v) is 8.55. The number of carbonyl (C=O) groups is 2. The second kappa shape index (κ2) is 10.0. The largest absolute Gasteiger partial charge is 0.361 e. The quantitative estimate of drug-likeness (QED) is 0.336. The number of rotatable bonds is 8. The highest BCUT2D eigenvalue weighted by molar-refractivity contribution is 7.91. The fourth-order valence-corrected chi connectivity index (χ4v) is 6.41. The molecule has 0 saturated heterocycles. The zero-order valence-corrected chi connectivity index (χ0v) is 19.3. The summed E-state index contributed by atoms with van der Waals surface area (Å²) >= 11 is 1.29. The molecule has 4 rings (SSSR count). The third kappa shape index (κ3) is 5.15. The van der Waals surface area contributed by atoms with E-state index in [0.717, 1.165) is 16.5 Å². The maximum absolute atomic E-state index is 13.2. The van der Waals surface area contributed by atoms with Gasteiger partial charge in [0.05, 0.1) is 4.90 Å². The number of hydrogen-bond acceptors (Lipinski definition) is 5. The van der Waals surface area contributed by atoms with Crippen LogP contribution in [0.15, 0.2) is 83.2 Å². The van der Waals surface area contributed by atoms with Crippen LogP contribution in [0.2, 0.25) is 0 Å². The summed E-state index contributed by atoms with van der Waals surface area (Å²) in [4.78, 5) is 28.6. The van der Waals surface area contributed by atoms with Gasteiger partial charge in [-0.05, 0) is 41.6 Å². The highest BCUT2D eigenvalue weighted by Crippen LogP contribution is 2.31. The summed E-state index contributed by atoms with van der Waals surface area (Å²) in [5, 5.41) is 6.96. The van der Waals surface area contributed by atoms with Crippen molar-refractivity contribution in [2.75, 3.05) is 13.1 Å². The molecule has 0 radical (unpaired) electrons. The number of aromatic amines is 1. The Bertz CT molecular complexity index is 1350. The van der Waals surface area contributed by atoms with Crippen LogP contribution in [-0.2, 0) is 25.8 Å². The molecular formula is C24H23N3O4S2. The van der Waals surface area contributed by atoms with E-state index < -0.39 is 26.9 Å². The molecule has 1 unspecified atom stereocenters. The van der Waals surface area contributed by atoms with Gasteiger partial charge in [-0.25, -0.2) is 8.42 Å². The van der Waals surface area contributed by atoms with Gasteiger partial charge >= 0.3 is 11.8 Å². The molecule has 0 saturated carbocycles. The van der Waals surface area contributed by atoms with Crippen LogP contribution in [0.25, 0.3) is 10.9 Å². The van der Waals surface area contributed by atoms with E-state index in [9.17, 15) is 18.0 Å². The average molecular weight is 482 g/mol. The first-order valence-corrected chi connectivity index (χ1v) is 12.8.